The van der Waals surface area contributed by atoms with E-state index in [2.05, 4.69) is 31.9 Å². The predicted octanol–water partition coefficient (Wildman–Crippen LogP) is 4.16. The minimum atomic E-state index is 0.0740. The number of ether oxygens (including phenoxy) is 3. The lowest BCUT2D eigenvalue weighted by atomic mass is 10.2. The first-order chi connectivity index (χ1) is 8.62. The van der Waals surface area contributed by atoms with E-state index in [-0.39, 0.29) is 6.10 Å². The van der Waals surface area contributed by atoms with Crippen LogP contribution < -0.4 is 9.47 Å². The normalized spacial score (nSPS) is 12.3. The molecule has 0 aliphatic carbocycles. The average molecular weight is 382 g/mol. The monoisotopic (exact) mass is 380 g/mol. The highest BCUT2D eigenvalue weighted by molar-refractivity contribution is 9.10. The summed E-state index contributed by atoms with van der Waals surface area (Å²) >= 11 is 6.95. The first-order valence-electron chi connectivity index (χ1n) is 5.70. The van der Waals surface area contributed by atoms with E-state index in [1.165, 1.54) is 0 Å². The summed E-state index contributed by atoms with van der Waals surface area (Å²) in [5, 5.41) is 0.779. The molecule has 0 saturated heterocycles. The highest BCUT2D eigenvalue weighted by Crippen LogP contribution is 2.38. The molecule has 0 N–H and O–H groups in total. The zero-order valence-electron chi connectivity index (χ0n) is 10.8. The van der Waals surface area contributed by atoms with Crippen molar-refractivity contribution in [3.8, 4) is 11.5 Å². The van der Waals surface area contributed by atoms with Gasteiger partial charge in [0, 0.05) is 25.5 Å². The molecule has 1 atom stereocenters. The molecule has 0 spiro atoms. The van der Waals surface area contributed by atoms with Gasteiger partial charge in [0.05, 0.1) is 17.7 Å². The molecule has 0 bridgehead atoms. The third-order valence-electron chi connectivity index (χ3n) is 2.49. The molecule has 1 unspecified atom stereocenters. The van der Waals surface area contributed by atoms with Crippen molar-refractivity contribution in [2.45, 2.75) is 24.8 Å². The Morgan fingerprint density at radius 2 is 2.00 bits per heavy atom. The van der Waals surface area contributed by atoms with Crippen LogP contribution in [0.3, 0.4) is 0 Å². The fourth-order valence-electron chi connectivity index (χ4n) is 1.51. The summed E-state index contributed by atoms with van der Waals surface area (Å²) in [5.41, 5.74) is 1.13. The maximum atomic E-state index is 5.90. The summed E-state index contributed by atoms with van der Waals surface area (Å²) in [6.07, 6.45) is 0.914. The zero-order valence-corrected chi connectivity index (χ0v) is 14.0. The molecule has 5 heteroatoms. The molecule has 0 aromatic heterocycles. The van der Waals surface area contributed by atoms with E-state index in [0.29, 0.717) is 6.61 Å². The summed E-state index contributed by atoms with van der Waals surface area (Å²) in [5.74, 6) is 1.48. The summed E-state index contributed by atoms with van der Waals surface area (Å²) in [7, 11) is 3.33. The van der Waals surface area contributed by atoms with Gasteiger partial charge < -0.3 is 14.2 Å². The van der Waals surface area contributed by atoms with Crippen molar-refractivity contribution in [3.63, 3.8) is 0 Å². The largest absolute Gasteiger partial charge is 0.493 e. The highest BCUT2D eigenvalue weighted by atomic mass is 79.9. The van der Waals surface area contributed by atoms with Gasteiger partial charge in [0.15, 0.2) is 11.5 Å². The number of methoxy groups -OCH3 is 2. The van der Waals surface area contributed by atoms with Crippen LogP contribution in [0.1, 0.15) is 18.9 Å². The second kappa shape index (κ2) is 8.02. The van der Waals surface area contributed by atoms with Crippen molar-refractivity contribution in [1.29, 1.82) is 0 Å². The van der Waals surface area contributed by atoms with E-state index in [1.807, 2.05) is 19.1 Å². The van der Waals surface area contributed by atoms with Gasteiger partial charge in [-0.25, -0.2) is 0 Å². The van der Waals surface area contributed by atoms with Gasteiger partial charge in [0.25, 0.3) is 0 Å². The average Bonchev–Trinajstić information content (AvgIpc) is 2.38. The van der Waals surface area contributed by atoms with Gasteiger partial charge in [-0.15, -0.1) is 0 Å². The topological polar surface area (TPSA) is 27.7 Å². The third-order valence-corrected chi connectivity index (χ3v) is 3.73. The maximum absolute atomic E-state index is 5.90. The second-order valence-corrected chi connectivity index (χ2v) is 5.37. The quantitative estimate of drug-likeness (QED) is 0.664. The predicted molar refractivity (Wildman–Crippen MR) is 79.9 cm³/mol. The summed E-state index contributed by atoms with van der Waals surface area (Å²) in [6, 6.07) is 3.99. The molecule has 0 saturated carbocycles. The summed E-state index contributed by atoms with van der Waals surface area (Å²) in [6.45, 7) is 2.70. The number of halogens is 2. The van der Waals surface area contributed by atoms with E-state index in [4.69, 9.17) is 14.2 Å². The first kappa shape index (κ1) is 15.8. The van der Waals surface area contributed by atoms with Crippen LogP contribution in [0.15, 0.2) is 16.6 Å². The van der Waals surface area contributed by atoms with Gasteiger partial charge in [0.1, 0.15) is 0 Å². The van der Waals surface area contributed by atoms with E-state index in [0.717, 1.165) is 33.3 Å². The van der Waals surface area contributed by atoms with Crippen molar-refractivity contribution in [3.05, 3.63) is 22.2 Å². The van der Waals surface area contributed by atoms with E-state index in [9.17, 15) is 0 Å². The van der Waals surface area contributed by atoms with Crippen molar-refractivity contribution < 1.29 is 14.2 Å². The molecule has 3 nitrogen and oxygen atoms in total. The second-order valence-electron chi connectivity index (χ2n) is 3.95. The minimum Gasteiger partial charge on any atom is -0.493 e. The van der Waals surface area contributed by atoms with E-state index < -0.39 is 0 Å². The Bertz CT molecular complexity index is 383. The Labute approximate surface area is 125 Å². The standard InChI is InChI=1S/C13H18Br2O3/c1-9(4-5-16-2)18-13-11(15)6-10(8-14)7-12(13)17-3/h6-7,9H,4-5,8H2,1-3H3. The summed E-state index contributed by atoms with van der Waals surface area (Å²) < 4.78 is 17.2. The molecule has 102 valence electrons. The lowest BCUT2D eigenvalue weighted by molar-refractivity contribution is 0.132. The molecular formula is C13H18Br2O3. The Balaban J connectivity index is 2.86. The van der Waals surface area contributed by atoms with E-state index >= 15 is 0 Å². The Morgan fingerprint density at radius 1 is 1.28 bits per heavy atom. The van der Waals surface area contributed by atoms with Gasteiger partial charge in [-0.3, -0.25) is 0 Å². The molecule has 1 aromatic carbocycles. The lowest BCUT2D eigenvalue weighted by Gasteiger charge is -2.18. The Kier molecular flexibility index (Phi) is 7.04. The maximum Gasteiger partial charge on any atom is 0.175 e. The van der Waals surface area contributed by atoms with Crippen LogP contribution in [0.5, 0.6) is 11.5 Å². The fraction of sp³-hybridized carbons (Fsp3) is 0.538. The molecule has 1 rings (SSSR count). The SMILES string of the molecule is COCCC(C)Oc1c(Br)cc(CBr)cc1OC. The number of hydrogen-bond donors (Lipinski definition) is 0. The Morgan fingerprint density at radius 3 is 2.56 bits per heavy atom. The molecule has 0 amide bonds. The smallest absolute Gasteiger partial charge is 0.175 e. The highest BCUT2D eigenvalue weighted by Gasteiger charge is 2.14. The van der Waals surface area contributed by atoms with Gasteiger partial charge in [-0.1, -0.05) is 15.9 Å². The van der Waals surface area contributed by atoms with Crippen molar-refractivity contribution in [2.75, 3.05) is 20.8 Å². The Hall–Kier alpha value is -0.260. The zero-order chi connectivity index (χ0) is 13.5. The van der Waals surface area contributed by atoms with Crippen LogP contribution >= 0.6 is 31.9 Å². The van der Waals surface area contributed by atoms with Crippen LogP contribution in [-0.4, -0.2) is 26.9 Å². The van der Waals surface area contributed by atoms with Crippen molar-refractivity contribution in [1.82, 2.24) is 0 Å². The molecule has 0 radical (unpaired) electrons. The van der Waals surface area contributed by atoms with Crippen LogP contribution in [0.2, 0.25) is 0 Å². The fourth-order valence-corrected chi connectivity index (χ4v) is 2.42. The van der Waals surface area contributed by atoms with Crippen LogP contribution in [0.4, 0.5) is 0 Å². The molecular weight excluding hydrogens is 364 g/mol. The number of benzene rings is 1. The summed E-state index contributed by atoms with van der Waals surface area (Å²) in [4.78, 5) is 0. The molecule has 0 fully saturated rings. The molecule has 0 aliphatic rings. The molecule has 18 heavy (non-hydrogen) atoms. The van der Waals surface area contributed by atoms with Gasteiger partial charge in [-0.2, -0.15) is 0 Å². The molecule has 0 aliphatic heterocycles. The van der Waals surface area contributed by atoms with Gasteiger partial charge in [-0.05, 0) is 40.5 Å². The lowest BCUT2D eigenvalue weighted by Crippen LogP contribution is -2.15. The van der Waals surface area contributed by atoms with Crippen molar-refractivity contribution in [2.24, 2.45) is 0 Å². The van der Waals surface area contributed by atoms with E-state index in [1.54, 1.807) is 14.2 Å². The molecule has 1 aromatic rings. The van der Waals surface area contributed by atoms with Crippen molar-refractivity contribution >= 4 is 31.9 Å². The number of rotatable bonds is 7. The van der Waals surface area contributed by atoms with Crippen LogP contribution in [0.25, 0.3) is 0 Å². The minimum absolute atomic E-state index is 0.0740. The number of alkyl halides is 1. The van der Waals surface area contributed by atoms with Gasteiger partial charge >= 0.3 is 0 Å². The third kappa shape index (κ3) is 4.44. The van der Waals surface area contributed by atoms with Gasteiger partial charge in [0.2, 0.25) is 0 Å². The van der Waals surface area contributed by atoms with Crippen LogP contribution in [0, 0.1) is 0 Å². The first-order valence-corrected chi connectivity index (χ1v) is 7.61. The van der Waals surface area contributed by atoms with Crippen LogP contribution in [-0.2, 0) is 10.1 Å². The number of hydrogen-bond acceptors (Lipinski definition) is 3. The molecule has 0 heterocycles.